The summed E-state index contributed by atoms with van der Waals surface area (Å²) < 4.78 is 1.06. The minimum Gasteiger partial charge on any atom is -0.398 e. The molecular weight excluding hydrogens is 264 g/mol. The zero-order chi connectivity index (χ0) is 12.5. The van der Waals surface area contributed by atoms with Gasteiger partial charge in [-0.3, -0.25) is 0 Å². The summed E-state index contributed by atoms with van der Waals surface area (Å²) in [7, 11) is 2.12. The summed E-state index contributed by atoms with van der Waals surface area (Å²) in [6.45, 7) is 8.73. The van der Waals surface area contributed by atoms with E-state index in [1.165, 1.54) is 5.69 Å². The monoisotopic (exact) mass is 284 g/mol. The van der Waals surface area contributed by atoms with E-state index < -0.39 is 0 Å². The van der Waals surface area contributed by atoms with Crippen molar-refractivity contribution in [2.45, 2.75) is 39.7 Å². The highest BCUT2D eigenvalue weighted by Gasteiger charge is 2.23. The highest BCUT2D eigenvalue weighted by atomic mass is 79.9. The van der Waals surface area contributed by atoms with Crippen LogP contribution in [0.2, 0.25) is 0 Å². The van der Waals surface area contributed by atoms with E-state index >= 15 is 0 Å². The smallest absolute Gasteiger partial charge is 0.0516 e. The highest BCUT2D eigenvalue weighted by Crippen LogP contribution is 2.34. The van der Waals surface area contributed by atoms with Crippen LogP contribution in [0.4, 0.5) is 11.4 Å². The Morgan fingerprint density at radius 2 is 1.94 bits per heavy atom. The lowest BCUT2D eigenvalue weighted by Gasteiger charge is -2.37. The normalized spacial score (nSPS) is 11.6. The first-order valence-electron chi connectivity index (χ1n) is 5.59. The van der Waals surface area contributed by atoms with Crippen molar-refractivity contribution in [1.82, 2.24) is 0 Å². The summed E-state index contributed by atoms with van der Waals surface area (Å²) in [6, 6.07) is 4.11. The van der Waals surface area contributed by atoms with E-state index in [9.17, 15) is 0 Å². The maximum Gasteiger partial charge on any atom is 0.0516 e. The quantitative estimate of drug-likeness (QED) is 0.852. The number of nitrogens with zero attached hydrogens (tertiary/aromatic N) is 1. The van der Waals surface area contributed by atoms with Gasteiger partial charge in [0.25, 0.3) is 0 Å². The summed E-state index contributed by atoms with van der Waals surface area (Å²) in [6.07, 6.45) is 1.10. The molecule has 0 bridgehead atoms. The lowest BCUT2D eigenvalue weighted by molar-refractivity contribution is 0.470. The Bertz CT molecular complexity index is 386. The van der Waals surface area contributed by atoms with Crippen LogP contribution in [0.15, 0.2) is 16.6 Å². The lowest BCUT2D eigenvalue weighted by atomic mass is 9.98. The van der Waals surface area contributed by atoms with Crippen molar-refractivity contribution in [2.75, 3.05) is 17.7 Å². The molecule has 1 aromatic rings. The molecule has 1 aromatic carbocycles. The summed E-state index contributed by atoms with van der Waals surface area (Å²) in [5.74, 6) is 0. The largest absolute Gasteiger partial charge is 0.398 e. The fraction of sp³-hybridized carbons (Fsp3) is 0.538. The van der Waals surface area contributed by atoms with Gasteiger partial charge in [-0.05, 0) is 60.8 Å². The van der Waals surface area contributed by atoms with Crippen molar-refractivity contribution >= 4 is 27.3 Å². The van der Waals surface area contributed by atoms with Crippen LogP contribution in [-0.4, -0.2) is 12.6 Å². The van der Waals surface area contributed by atoms with E-state index in [1.54, 1.807) is 0 Å². The Balaban J connectivity index is 3.19. The molecule has 0 heterocycles. The van der Waals surface area contributed by atoms with Gasteiger partial charge in [-0.15, -0.1) is 0 Å². The van der Waals surface area contributed by atoms with Gasteiger partial charge in [-0.1, -0.05) is 6.92 Å². The fourth-order valence-corrected chi connectivity index (χ4v) is 2.13. The zero-order valence-electron chi connectivity index (χ0n) is 10.8. The van der Waals surface area contributed by atoms with Crippen molar-refractivity contribution in [3.05, 3.63) is 22.2 Å². The molecule has 0 fully saturated rings. The number of hydrogen-bond donors (Lipinski definition) is 1. The van der Waals surface area contributed by atoms with Gasteiger partial charge >= 0.3 is 0 Å². The second-order valence-electron chi connectivity index (χ2n) is 4.89. The average molecular weight is 285 g/mol. The number of halogens is 1. The number of rotatable bonds is 3. The summed E-state index contributed by atoms with van der Waals surface area (Å²) in [5.41, 5.74) is 9.17. The summed E-state index contributed by atoms with van der Waals surface area (Å²) >= 11 is 3.58. The Hall–Kier alpha value is -0.700. The second-order valence-corrected chi connectivity index (χ2v) is 5.74. The van der Waals surface area contributed by atoms with Gasteiger partial charge in [0, 0.05) is 22.7 Å². The molecule has 0 aliphatic carbocycles. The molecule has 16 heavy (non-hydrogen) atoms. The number of anilines is 2. The standard InChI is InChI=1S/C13H21BrN2/c1-6-13(3,4)16(5)12-7-9(2)11(15)8-10(12)14/h7-8H,6,15H2,1-5H3. The van der Waals surface area contributed by atoms with Gasteiger partial charge in [0.15, 0.2) is 0 Å². The molecule has 0 radical (unpaired) electrons. The van der Waals surface area contributed by atoms with Crippen molar-refractivity contribution in [2.24, 2.45) is 0 Å². The number of nitrogens with two attached hydrogens (primary N) is 1. The third-order valence-corrected chi connectivity index (χ3v) is 4.11. The molecule has 3 heteroatoms. The lowest BCUT2D eigenvalue weighted by Crippen LogP contribution is -2.40. The van der Waals surface area contributed by atoms with E-state index in [2.05, 4.69) is 54.7 Å². The van der Waals surface area contributed by atoms with Crippen molar-refractivity contribution in [3.63, 3.8) is 0 Å². The minimum atomic E-state index is 0.144. The molecule has 0 unspecified atom stereocenters. The molecule has 0 spiro atoms. The van der Waals surface area contributed by atoms with Gasteiger partial charge < -0.3 is 10.6 Å². The Labute approximate surface area is 107 Å². The molecule has 0 atom stereocenters. The first kappa shape index (κ1) is 13.4. The van der Waals surface area contributed by atoms with Crippen LogP contribution in [0.5, 0.6) is 0 Å². The van der Waals surface area contributed by atoms with Gasteiger partial charge in [0.2, 0.25) is 0 Å². The first-order chi connectivity index (χ1) is 7.29. The van der Waals surface area contributed by atoms with E-state index in [0.29, 0.717) is 0 Å². The van der Waals surface area contributed by atoms with E-state index in [0.717, 1.165) is 22.1 Å². The van der Waals surface area contributed by atoms with E-state index in [1.807, 2.05) is 13.0 Å². The van der Waals surface area contributed by atoms with Gasteiger partial charge in [-0.2, -0.15) is 0 Å². The third kappa shape index (κ3) is 2.51. The molecule has 0 aliphatic heterocycles. The number of aryl methyl sites for hydroxylation is 1. The van der Waals surface area contributed by atoms with Gasteiger partial charge in [-0.25, -0.2) is 0 Å². The fourth-order valence-electron chi connectivity index (χ4n) is 1.50. The molecule has 0 saturated carbocycles. The average Bonchev–Trinajstić information content (AvgIpc) is 2.22. The predicted molar refractivity (Wildman–Crippen MR) is 76.1 cm³/mol. The molecule has 2 nitrogen and oxygen atoms in total. The maximum absolute atomic E-state index is 5.88. The van der Waals surface area contributed by atoms with Crippen molar-refractivity contribution < 1.29 is 0 Å². The number of benzene rings is 1. The number of hydrogen-bond acceptors (Lipinski definition) is 2. The van der Waals surface area contributed by atoms with E-state index in [4.69, 9.17) is 5.73 Å². The van der Waals surface area contributed by atoms with Crippen LogP contribution in [0.3, 0.4) is 0 Å². The van der Waals surface area contributed by atoms with Crippen LogP contribution in [0.1, 0.15) is 32.8 Å². The van der Waals surface area contributed by atoms with Crippen molar-refractivity contribution in [3.8, 4) is 0 Å². The molecule has 0 aliphatic rings. The zero-order valence-corrected chi connectivity index (χ0v) is 12.4. The Morgan fingerprint density at radius 3 is 2.44 bits per heavy atom. The molecule has 0 aromatic heterocycles. The van der Waals surface area contributed by atoms with Crippen LogP contribution in [0, 0.1) is 6.92 Å². The van der Waals surface area contributed by atoms with Crippen LogP contribution in [-0.2, 0) is 0 Å². The van der Waals surface area contributed by atoms with Crippen LogP contribution in [0.25, 0.3) is 0 Å². The SMILES string of the molecule is CCC(C)(C)N(C)c1cc(C)c(N)cc1Br. The topological polar surface area (TPSA) is 29.3 Å². The second kappa shape index (κ2) is 4.66. The molecule has 2 N–H and O–H groups in total. The first-order valence-corrected chi connectivity index (χ1v) is 6.38. The molecular formula is C13H21BrN2. The molecule has 0 saturated heterocycles. The van der Waals surface area contributed by atoms with Crippen LogP contribution >= 0.6 is 15.9 Å². The summed E-state index contributed by atoms with van der Waals surface area (Å²) in [4.78, 5) is 2.30. The van der Waals surface area contributed by atoms with E-state index in [-0.39, 0.29) is 5.54 Å². The minimum absolute atomic E-state index is 0.144. The van der Waals surface area contributed by atoms with Gasteiger partial charge in [0.05, 0.1) is 5.69 Å². The van der Waals surface area contributed by atoms with Gasteiger partial charge in [0.1, 0.15) is 0 Å². The maximum atomic E-state index is 5.88. The third-order valence-electron chi connectivity index (χ3n) is 3.47. The number of nitrogen functional groups attached to an aromatic ring is 1. The molecule has 90 valence electrons. The molecule has 1 rings (SSSR count). The Kier molecular flexibility index (Phi) is 3.89. The van der Waals surface area contributed by atoms with Crippen molar-refractivity contribution in [1.29, 1.82) is 0 Å². The predicted octanol–water partition coefficient (Wildman–Crippen LogP) is 3.96. The van der Waals surface area contributed by atoms with Crippen LogP contribution < -0.4 is 10.6 Å². The highest BCUT2D eigenvalue weighted by molar-refractivity contribution is 9.10. The molecule has 0 amide bonds. The summed E-state index contributed by atoms with van der Waals surface area (Å²) in [5, 5.41) is 0. The Morgan fingerprint density at radius 1 is 1.38 bits per heavy atom.